The molecule has 0 saturated carbocycles. The summed E-state index contributed by atoms with van der Waals surface area (Å²) in [6.07, 6.45) is -1.81. The molecular formula is C6H13N5O5. The van der Waals surface area contributed by atoms with E-state index in [0.29, 0.717) is 5.06 Å². The smallest absolute Gasteiger partial charge is 0.349 e. The SMILES string of the molecule is CN1NC(=O)ONC(C)(N(C)O)NOC1=O. The van der Waals surface area contributed by atoms with Crippen molar-refractivity contribution in [3.8, 4) is 0 Å². The Morgan fingerprint density at radius 1 is 1.38 bits per heavy atom. The predicted molar refractivity (Wildman–Crippen MR) is 48.1 cm³/mol. The van der Waals surface area contributed by atoms with E-state index >= 15 is 0 Å². The van der Waals surface area contributed by atoms with E-state index in [9.17, 15) is 14.8 Å². The molecule has 92 valence electrons. The lowest BCUT2D eigenvalue weighted by atomic mass is 10.4. The molecule has 0 aromatic rings. The van der Waals surface area contributed by atoms with Crippen molar-refractivity contribution in [3.05, 3.63) is 0 Å². The average molecular weight is 235 g/mol. The normalized spacial score (nSPS) is 27.4. The molecule has 1 aliphatic heterocycles. The summed E-state index contributed by atoms with van der Waals surface area (Å²) in [6.45, 7) is 1.37. The second-order valence-corrected chi connectivity index (χ2v) is 3.23. The summed E-state index contributed by atoms with van der Waals surface area (Å²) in [7, 11) is 2.52. The fourth-order valence-corrected chi connectivity index (χ4v) is 0.716. The van der Waals surface area contributed by atoms with Gasteiger partial charge in [-0.3, -0.25) is 0 Å². The molecule has 1 atom stereocenters. The number of carbonyl (C=O) groups excluding carboxylic acids is 2. The van der Waals surface area contributed by atoms with Crippen molar-refractivity contribution in [2.24, 2.45) is 0 Å². The van der Waals surface area contributed by atoms with Crippen LogP contribution in [0.4, 0.5) is 9.59 Å². The number of hydroxylamine groups is 4. The maximum atomic E-state index is 11.2. The first kappa shape index (κ1) is 12.4. The van der Waals surface area contributed by atoms with E-state index in [0.717, 1.165) is 5.01 Å². The Bertz CT molecular complexity index is 297. The van der Waals surface area contributed by atoms with Crippen molar-refractivity contribution in [2.75, 3.05) is 14.1 Å². The van der Waals surface area contributed by atoms with Crippen LogP contribution in [-0.2, 0) is 9.68 Å². The molecule has 4 N–H and O–H groups in total. The van der Waals surface area contributed by atoms with E-state index in [1.807, 2.05) is 5.43 Å². The average Bonchev–Trinajstić information content (AvgIpc) is 2.25. The minimum absolute atomic E-state index is 0.624. The van der Waals surface area contributed by atoms with Crippen molar-refractivity contribution >= 4 is 12.2 Å². The fourth-order valence-electron chi connectivity index (χ4n) is 0.716. The van der Waals surface area contributed by atoms with Crippen LogP contribution in [0.15, 0.2) is 0 Å². The van der Waals surface area contributed by atoms with Gasteiger partial charge in [-0.2, -0.15) is 5.06 Å². The third-order valence-corrected chi connectivity index (χ3v) is 1.86. The Balaban J connectivity index is 2.80. The predicted octanol–water partition coefficient (Wildman–Crippen LogP) is -1.29. The highest BCUT2D eigenvalue weighted by atomic mass is 16.8. The van der Waals surface area contributed by atoms with Gasteiger partial charge in [-0.15, -0.1) is 11.0 Å². The van der Waals surface area contributed by atoms with E-state index in [1.165, 1.54) is 21.0 Å². The van der Waals surface area contributed by atoms with Crippen LogP contribution < -0.4 is 16.4 Å². The molecule has 16 heavy (non-hydrogen) atoms. The van der Waals surface area contributed by atoms with Crippen molar-refractivity contribution in [1.29, 1.82) is 0 Å². The molecule has 1 heterocycles. The second kappa shape index (κ2) is 4.49. The lowest BCUT2D eigenvalue weighted by molar-refractivity contribution is -0.235. The van der Waals surface area contributed by atoms with Gasteiger partial charge in [-0.25, -0.2) is 20.0 Å². The molecule has 0 spiro atoms. The van der Waals surface area contributed by atoms with Crippen molar-refractivity contribution in [2.45, 2.75) is 12.7 Å². The minimum Gasteiger partial charge on any atom is -0.349 e. The summed E-state index contributed by atoms with van der Waals surface area (Å²) in [4.78, 5) is 31.4. The Morgan fingerprint density at radius 2 is 1.94 bits per heavy atom. The van der Waals surface area contributed by atoms with E-state index < -0.39 is 18.0 Å². The molecule has 0 radical (unpaired) electrons. The number of amides is 2. The first-order chi connectivity index (χ1) is 7.35. The molecule has 0 aromatic heterocycles. The summed E-state index contributed by atoms with van der Waals surface area (Å²) in [6, 6.07) is 0. The lowest BCUT2D eigenvalue weighted by Crippen LogP contribution is -2.63. The molecule has 1 rings (SSSR count). The van der Waals surface area contributed by atoms with E-state index in [2.05, 4.69) is 20.6 Å². The first-order valence-electron chi connectivity index (χ1n) is 4.24. The van der Waals surface area contributed by atoms with Crippen LogP contribution in [0.2, 0.25) is 0 Å². The Hall–Kier alpha value is -1.62. The van der Waals surface area contributed by atoms with Gasteiger partial charge in [-0.05, 0) is 6.92 Å². The summed E-state index contributed by atoms with van der Waals surface area (Å²) in [5.41, 5.74) is 6.41. The number of hydrogen-bond acceptors (Lipinski definition) is 8. The van der Waals surface area contributed by atoms with Crippen molar-refractivity contribution in [1.82, 2.24) is 26.5 Å². The Labute approximate surface area is 90.9 Å². The molecule has 1 fully saturated rings. The van der Waals surface area contributed by atoms with Gasteiger partial charge in [0.15, 0.2) is 0 Å². The van der Waals surface area contributed by atoms with Gasteiger partial charge in [0.2, 0.25) is 5.79 Å². The summed E-state index contributed by atoms with van der Waals surface area (Å²) in [5.74, 6) is -1.47. The third kappa shape index (κ3) is 2.70. The summed E-state index contributed by atoms with van der Waals surface area (Å²) in [5, 5.41) is 10.7. The number of carbonyl (C=O) groups is 2. The third-order valence-electron chi connectivity index (χ3n) is 1.86. The first-order valence-corrected chi connectivity index (χ1v) is 4.24. The van der Waals surface area contributed by atoms with Crippen LogP contribution in [0.3, 0.4) is 0 Å². The van der Waals surface area contributed by atoms with Gasteiger partial charge in [0.05, 0.1) is 0 Å². The van der Waals surface area contributed by atoms with Gasteiger partial charge in [0, 0.05) is 14.1 Å². The van der Waals surface area contributed by atoms with Crippen LogP contribution in [0, 0.1) is 0 Å². The second-order valence-electron chi connectivity index (χ2n) is 3.23. The zero-order chi connectivity index (χ0) is 12.3. The maximum Gasteiger partial charge on any atom is 0.447 e. The topological polar surface area (TPSA) is 115 Å². The van der Waals surface area contributed by atoms with Gasteiger partial charge in [-0.1, -0.05) is 0 Å². The van der Waals surface area contributed by atoms with Crippen molar-refractivity contribution in [3.63, 3.8) is 0 Å². The summed E-state index contributed by atoms with van der Waals surface area (Å²) >= 11 is 0. The molecule has 10 nitrogen and oxygen atoms in total. The number of hydrogen-bond donors (Lipinski definition) is 4. The number of nitrogens with one attached hydrogen (secondary N) is 3. The molecule has 0 aromatic carbocycles. The van der Waals surface area contributed by atoms with Gasteiger partial charge < -0.3 is 14.9 Å². The van der Waals surface area contributed by atoms with E-state index in [1.54, 1.807) is 0 Å². The van der Waals surface area contributed by atoms with Gasteiger partial charge in [0.25, 0.3) is 0 Å². The van der Waals surface area contributed by atoms with Crippen LogP contribution in [-0.4, -0.2) is 47.3 Å². The highest BCUT2D eigenvalue weighted by Crippen LogP contribution is 2.04. The Kier molecular flexibility index (Phi) is 3.49. The minimum atomic E-state index is -1.47. The lowest BCUT2D eigenvalue weighted by Gasteiger charge is -2.32. The Morgan fingerprint density at radius 3 is 2.50 bits per heavy atom. The molecule has 10 heteroatoms. The fraction of sp³-hybridized carbons (Fsp3) is 0.667. The van der Waals surface area contributed by atoms with Crippen LogP contribution in [0.1, 0.15) is 6.92 Å². The monoisotopic (exact) mass is 235 g/mol. The van der Waals surface area contributed by atoms with Crippen LogP contribution in [0.25, 0.3) is 0 Å². The van der Waals surface area contributed by atoms with Crippen LogP contribution in [0.5, 0.6) is 0 Å². The largest absolute Gasteiger partial charge is 0.447 e. The molecule has 1 unspecified atom stereocenters. The number of rotatable bonds is 1. The van der Waals surface area contributed by atoms with E-state index in [4.69, 9.17) is 0 Å². The summed E-state index contributed by atoms with van der Waals surface area (Å²) < 4.78 is 0. The molecule has 0 bridgehead atoms. The molecule has 1 saturated heterocycles. The number of hydrazine groups is 1. The molecule has 1 aliphatic rings. The van der Waals surface area contributed by atoms with Gasteiger partial charge >= 0.3 is 12.2 Å². The standard InChI is InChI=1S/C6H13N5O5/c1-6(11(3)14)8-15-4(12)7-10(2)5(13)16-9-6/h8-9,14H,1-3H3,(H,7,12). The van der Waals surface area contributed by atoms with Gasteiger partial charge in [0.1, 0.15) is 0 Å². The number of nitrogens with zero attached hydrogens (tertiary/aromatic N) is 2. The highest BCUT2D eigenvalue weighted by Gasteiger charge is 2.34. The molecule has 2 amide bonds. The zero-order valence-corrected chi connectivity index (χ0v) is 8.97. The molecule has 0 aliphatic carbocycles. The van der Waals surface area contributed by atoms with E-state index in [-0.39, 0.29) is 0 Å². The maximum absolute atomic E-state index is 11.2. The molecular weight excluding hydrogens is 222 g/mol. The van der Waals surface area contributed by atoms with Crippen molar-refractivity contribution < 1.29 is 24.5 Å². The zero-order valence-electron chi connectivity index (χ0n) is 8.97. The van der Waals surface area contributed by atoms with Crippen LogP contribution >= 0.6 is 0 Å². The highest BCUT2D eigenvalue weighted by molar-refractivity contribution is 5.73. The quantitative estimate of drug-likeness (QED) is 0.415.